The first-order chi connectivity index (χ1) is 8.88. The summed E-state index contributed by atoms with van der Waals surface area (Å²) in [7, 11) is 0. The van der Waals surface area contributed by atoms with E-state index in [1.165, 1.54) is 5.56 Å². The van der Waals surface area contributed by atoms with Gasteiger partial charge in [0, 0.05) is 6.20 Å². The molecule has 0 saturated carbocycles. The van der Waals surface area contributed by atoms with E-state index in [1.54, 1.807) is 6.20 Å². The molecule has 2 rings (SSSR count). The maximum atomic E-state index is 5.72. The highest BCUT2D eigenvalue weighted by molar-refractivity contribution is 5.28. The van der Waals surface area contributed by atoms with E-state index in [0.29, 0.717) is 6.61 Å². The van der Waals surface area contributed by atoms with E-state index >= 15 is 0 Å². The largest absolute Gasteiger partial charge is 0.487 e. The van der Waals surface area contributed by atoms with Crippen molar-refractivity contribution in [2.75, 3.05) is 6.54 Å². The van der Waals surface area contributed by atoms with E-state index in [0.717, 1.165) is 30.8 Å². The van der Waals surface area contributed by atoms with Crippen LogP contribution in [0.2, 0.25) is 0 Å². The van der Waals surface area contributed by atoms with Crippen LogP contribution in [0.5, 0.6) is 5.75 Å². The summed E-state index contributed by atoms with van der Waals surface area (Å²) in [5.41, 5.74) is 7.71. The smallest absolute Gasteiger partial charge is 0.130 e. The molecular weight excluding hydrogens is 224 g/mol. The summed E-state index contributed by atoms with van der Waals surface area (Å²) >= 11 is 0. The Hall–Kier alpha value is -1.87. The van der Waals surface area contributed by atoms with E-state index in [2.05, 4.69) is 17.1 Å². The van der Waals surface area contributed by atoms with Crippen LogP contribution >= 0.6 is 0 Å². The number of ether oxygens (including phenoxy) is 1. The molecule has 0 fully saturated rings. The van der Waals surface area contributed by atoms with E-state index in [-0.39, 0.29) is 0 Å². The number of hydrogen-bond donors (Lipinski definition) is 1. The number of aromatic nitrogens is 1. The third-order valence-electron chi connectivity index (χ3n) is 2.68. The molecule has 0 saturated heterocycles. The Morgan fingerprint density at radius 1 is 1.11 bits per heavy atom. The Bertz CT molecular complexity index is 471. The van der Waals surface area contributed by atoms with Crippen LogP contribution in [0.4, 0.5) is 0 Å². The maximum Gasteiger partial charge on any atom is 0.130 e. The predicted octanol–water partition coefficient (Wildman–Crippen LogP) is 2.55. The van der Waals surface area contributed by atoms with Crippen molar-refractivity contribution in [3.63, 3.8) is 0 Å². The highest BCUT2D eigenvalue weighted by Gasteiger charge is 1.98. The summed E-state index contributed by atoms with van der Waals surface area (Å²) in [4.78, 5) is 4.22. The minimum atomic E-state index is 0.501. The van der Waals surface area contributed by atoms with E-state index in [1.807, 2.05) is 30.3 Å². The highest BCUT2D eigenvalue weighted by Crippen LogP contribution is 2.15. The molecule has 0 aliphatic heterocycles. The molecule has 1 aromatic heterocycles. The van der Waals surface area contributed by atoms with Crippen molar-refractivity contribution in [2.45, 2.75) is 19.4 Å². The molecular formula is C15H18N2O. The number of benzene rings is 1. The van der Waals surface area contributed by atoms with E-state index in [4.69, 9.17) is 10.5 Å². The molecule has 1 aromatic carbocycles. The lowest BCUT2D eigenvalue weighted by molar-refractivity contribution is 0.301. The molecule has 2 aromatic rings. The summed E-state index contributed by atoms with van der Waals surface area (Å²) in [5.74, 6) is 0.884. The molecule has 1 heterocycles. The van der Waals surface area contributed by atoms with Crippen molar-refractivity contribution < 1.29 is 4.74 Å². The molecule has 3 heteroatoms. The average Bonchev–Trinajstić information content (AvgIpc) is 2.44. The SMILES string of the molecule is NCCCc1cccc(OCc2ccccn2)c1. The summed E-state index contributed by atoms with van der Waals surface area (Å²) in [6.45, 7) is 1.22. The molecule has 0 unspecified atom stereocenters. The first-order valence-corrected chi connectivity index (χ1v) is 6.20. The second-order valence-electron chi connectivity index (χ2n) is 4.15. The molecule has 0 aliphatic carbocycles. The highest BCUT2D eigenvalue weighted by atomic mass is 16.5. The minimum Gasteiger partial charge on any atom is -0.487 e. The molecule has 94 valence electrons. The molecule has 0 spiro atoms. The fraction of sp³-hybridized carbons (Fsp3) is 0.267. The van der Waals surface area contributed by atoms with Gasteiger partial charge in [0.25, 0.3) is 0 Å². The van der Waals surface area contributed by atoms with Gasteiger partial charge in [-0.2, -0.15) is 0 Å². The van der Waals surface area contributed by atoms with Crippen LogP contribution in [0.3, 0.4) is 0 Å². The van der Waals surface area contributed by atoms with Gasteiger partial charge in [-0.15, -0.1) is 0 Å². The number of nitrogens with two attached hydrogens (primary N) is 1. The summed E-state index contributed by atoms with van der Waals surface area (Å²) < 4.78 is 5.72. The van der Waals surface area contributed by atoms with Crippen LogP contribution < -0.4 is 10.5 Å². The molecule has 3 nitrogen and oxygen atoms in total. The van der Waals surface area contributed by atoms with Crippen molar-refractivity contribution >= 4 is 0 Å². The van der Waals surface area contributed by atoms with E-state index < -0.39 is 0 Å². The fourth-order valence-electron chi connectivity index (χ4n) is 1.74. The Kier molecular flexibility index (Phi) is 4.73. The van der Waals surface area contributed by atoms with Gasteiger partial charge >= 0.3 is 0 Å². The van der Waals surface area contributed by atoms with Gasteiger partial charge in [-0.3, -0.25) is 4.98 Å². The zero-order chi connectivity index (χ0) is 12.6. The summed E-state index contributed by atoms with van der Waals surface area (Å²) in [6.07, 6.45) is 3.78. The van der Waals surface area contributed by atoms with Crippen LogP contribution in [0.25, 0.3) is 0 Å². The van der Waals surface area contributed by atoms with Crippen LogP contribution in [-0.4, -0.2) is 11.5 Å². The zero-order valence-corrected chi connectivity index (χ0v) is 10.4. The average molecular weight is 242 g/mol. The molecule has 0 amide bonds. The van der Waals surface area contributed by atoms with Gasteiger partial charge in [0.05, 0.1) is 5.69 Å². The van der Waals surface area contributed by atoms with Gasteiger partial charge in [-0.1, -0.05) is 18.2 Å². The van der Waals surface area contributed by atoms with Gasteiger partial charge < -0.3 is 10.5 Å². The first kappa shape index (κ1) is 12.6. The van der Waals surface area contributed by atoms with Gasteiger partial charge in [-0.05, 0) is 49.2 Å². The monoisotopic (exact) mass is 242 g/mol. The molecule has 18 heavy (non-hydrogen) atoms. The van der Waals surface area contributed by atoms with E-state index in [9.17, 15) is 0 Å². The zero-order valence-electron chi connectivity index (χ0n) is 10.4. The number of pyridine rings is 1. The third-order valence-corrected chi connectivity index (χ3v) is 2.68. The second kappa shape index (κ2) is 6.77. The number of nitrogens with zero attached hydrogens (tertiary/aromatic N) is 1. The second-order valence-corrected chi connectivity index (χ2v) is 4.15. The van der Waals surface area contributed by atoms with Crippen LogP contribution in [0.15, 0.2) is 48.7 Å². The normalized spacial score (nSPS) is 10.3. The summed E-state index contributed by atoms with van der Waals surface area (Å²) in [5, 5.41) is 0. The first-order valence-electron chi connectivity index (χ1n) is 6.20. The van der Waals surface area contributed by atoms with Gasteiger partial charge in [-0.25, -0.2) is 0 Å². The molecule has 0 radical (unpaired) electrons. The number of hydrogen-bond acceptors (Lipinski definition) is 3. The molecule has 2 N–H and O–H groups in total. The van der Waals surface area contributed by atoms with Crippen LogP contribution in [-0.2, 0) is 13.0 Å². The molecule has 0 atom stereocenters. The summed E-state index contributed by atoms with van der Waals surface area (Å²) in [6, 6.07) is 14.0. The third kappa shape index (κ3) is 3.86. The predicted molar refractivity (Wildman–Crippen MR) is 72.4 cm³/mol. The fourth-order valence-corrected chi connectivity index (χ4v) is 1.74. The quantitative estimate of drug-likeness (QED) is 0.846. The Labute approximate surface area is 108 Å². The van der Waals surface area contributed by atoms with Crippen molar-refractivity contribution in [1.29, 1.82) is 0 Å². The van der Waals surface area contributed by atoms with Gasteiger partial charge in [0.2, 0.25) is 0 Å². The minimum absolute atomic E-state index is 0.501. The van der Waals surface area contributed by atoms with Crippen molar-refractivity contribution in [1.82, 2.24) is 4.98 Å². The molecule has 0 bridgehead atoms. The van der Waals surface area contributed by atoms with Crippen LogP contribution in [0.1, 0.15) is 17.7 Å². The lowest BCUT2D eigenvalue weighted by atomic mass is 10.1. The standard InChI is InChI=1S/C15H18N2O/c16-9-4-6-13-5-3-8-15(11-13)18-12-14-7-1-2-10-17-14/h1-3,5,7-8,10-11H,4,6,9,12,16H2. The lowest BCUT2D eigenvalue weighted by Crippen LogP contribution is -2.01. The number of rotatable bonds is 6. The Balaban J connectivity index is 1.93. The maximum absolute atomic E-state index is 5.72. The topological polar surface area (TPSA) is 48.1 Å². The van der Waals surface area contributed by atoms with Crippen LogP contribution in [0, 0.1) is 0 Å². The van der Waals surface area contributed by atoms with Crippen molar-refractivity contribution in [2.24, 2.45) is 5.73 Å². The number of aryl methyl sites for hydroxylation is 1. The van der Waals surface area contributed by atoms with Gasteiger partial charge in [0.15, 0.2) is 0 Å². The van der Waals surface area contributed by atoms with Crippen molar-refractivity contribution in [3.8, 4) is 5.75 Å². The Morgan fingerprint density at radius 2 is 2.06 bits per heavy atom. The van der Waals surface area contributed by atoms with Gasteiger partial charge in [0.1, 0.15) is 12.4 Å². The molecule has 0 aliphatic rings. The Morgan fingerprint density at radius 3 is 2.83 bits per heavy atom. The van der Waals surface area contributed by atoms with Crippen molar-refractivity contribution in [3.05, 3.63) is 59.9 Å². The lowest BCUT2D eigenvalue weighted by Gasteiger charge is -2.07.